The Bertz CT molecular complexity index is 853. The minimum absolute atomic E-state index is 0.176. The first kappa shape index (κ1) is 21.0. The van der Waals surface area contributed by atoms with Gasteiger partial charge in [0.15, 0.2) is 5.96 Å². The van der Waals surface area contributed by atoms with E-state index in [1.54, 1.807) is 31.3 Å². The van der Waals surface area contributed by atoms with E-state index >= 15 is 0 Å². The number of hydrogen-bond acceptors (Lipinski definition) is 3. The number of halogens is 1. The molecule has 0 aromatic heterocycles. The lowest BCUT2D eigenvalue weighted by Gasteiger charge is -2.20. The predicted octanol–water partition coefficient (Wildman–Crippen LogP) is 2.82. The van der Waals surface area contributed by atoms with Crippen LogP contribution in [0.15, 0.2) is 53.5 Å². The number of aliphatic imine (C=N–C) groups is 1. The lowest BCUT2D eigenvalue weighted by molar-refractivity contribution is 0.0954. The van der Waals surface area contributed by atoms with Crippen LogP contribution in [0.1, 0.15) is 22.3 Å². The van der Waals surface area contributed by atoms with Crippen molar-refractivity contribution in [3.63, 3.8) is 0 Å². The van der Waals surface area contributed by atoms with Crippen LogP contribution in [0.4, 0.5) is 5.69 Å². The Morgan fingerprint density at radius 2 is 1.86 bits per heavy atom. The third kappa shape index (κ3) is 5.87. The van der Waals surface area contributed by atoms with Gasteiger partial charge < -0.3 is 20.9 Å². The Balaban J connectivity index is 1.40. The number of anilines is 1. The van der Waals surface area contributed by atoms with Crippen molar-refractivity contribution in [1.29, 1.82) is 0 Å². The van der Waals surface area contributed by atoms with Gasteiger partial charge in [-0.3, -0.25) is 9.79 Å². The van der Waals surface area contributed by atoms with Gasteiger partial charge in [0, 0.05) is 45.0 Å². The van der Waals surface area contributed by atoms with Crippen LogP contribution in [0, 0.1) is 6.92 Å². The van der Waals surface area contributed by atoms with Crippen LogP contribution in [0.5, 0.6) is 0 Å². The molecule has 2 aromatic carbocycles. The zero-order valence-corrected chi connectivity index (χ0v) is 17.7. The number of benzene rings is 2. The maximum Gasteiger partial charge on any atom is 0.252 e. The van der Waals surface area contributed by atoms with Crippen LogP contribution in [0.3, 0.4) is 0 Å². The third-order valence-electron chi connectivity index (χ3n) is 4.97. The van der Waals surface area contributed by atoms with Gasteiger partial charge in [0.25, 0.3) is 5.91 Å². The van der Waals surface area contributed by atoms with E-state index in [-0.39, 0.29) is 5.91 Å². The van der Waals surface area contributed by atoms with Crippen LogP contribution >= 0.6 is 11.6 Å². The Kier molecular flexibility index (Phi) is 7.36. The molecule has 1 aliphatic rings. The number of guanidine groups is 1. The molecule has 3 N–H and O–H groups in total. The molecule has 154 valence electrons. The number of nitrogens with one attached hydrogen (secondary N) is 3. The van der Waals surface area contributed by atoms with E-state index in [1.807, 2.05) is 0 Å². The molecule has 1 saturated heterocycles. The predicted molar refractivity (Wildman–Crippen MR) is 120 cm³/mol. The molecule has 3 rings (SSSR count). The summed E-state index contributed by atoms with van der Waals surface area (Å²) in [6.07, 6.45) is 1.05. The van der Waals surface area contributed by atoms with Gasteiger partial charge in [0.1, 0.15) is 0 Å². The second-order valence-electron chi connectivity index (χ2n) is 7.15. The molecule has 6 nitrogen and oxygen atoms in total. The van der Waals surface area contributed by atoms with Crippen molar-refractivity contribution in [2.24, 2.45) is 4.99 Å². The molecule has 1 fully saturated rings. The third-order valence-corrected chi connectivity index (χ3v) is 5.30. The summed E-state index contributed by atoms with van der Waals surface area (Å²) in [7, 11) is 1.75. The highest BCUT2D eigenvalue weighted by atomic mass is 35.5. The summed E-state index contributed by atoms with van der Waals surface area (Å²) in [5, 5.41) is 10.0. The van der Waals surface area contributed by atoms with Crippen LogP contribution in [-0.4, -0.2) is 51.1 Å². The van der Waals surface area contributed by atoms with Crippen molar-refractivity contribution < 1.29 is 4.79 Å². The topological polar surface area (TPSA) is 68.8 Å². The van der Waals surface area contributed by atoms with Gasteiger partial charge in [0.05, 0.1) is 10.6 Å². The zero-order chi connectivity index (χ0) is 20.6. The van der Waals surface area contributed by atoms with Crippen molar-refractivity contribution in [2.75, 3.05) is 38.1 Å². The quantitative estimate of drug-likeness (QED) is 0.387. The minimum Gasteiger partial charge on any atom is -0.369 e. The molecular weight excluding hydrogens is 386 g/mol. The number of carbonyl (C=O) groups excluding carboxylic acids is 1. The summed E-state index contributed by atoms with van der Waals surface area (Å²) in [6, 6.07) is 16.0. The van der Waals surface area contributed by atoms with E-state index in [4.69, 9.17) is 11.6 Å². The van der Waals surface area contributed by atoms with Gasteiger partial charge in [-0.1, -0.05) is 41.4 Å². The fraction of sp³-hybridized carbons (Fsp3) is 0.364. The number of rotatable bonds is 6. The number of aryl methyl sites for hydroxylation is 1. The Labute approximate surface area is 177 Å². The normalized spacial score (nSPS) is 16.6. The average molecular weight is 414 g/mol. The van der Waals surface area contributed by atoms with Gasteiger partial charge in [0.2, 0.25) is 0 Å². The fourth-order valence-electron chi connectivity index (χ4n) is 3.35. The molecule has 1 amide bonds. The fourth-order valence-corrected chi connectivity index (χ4v) is 3.58. The molecule has 1 atom stereocenters. The van der Waals surface area contributed by atoms with Gasteiger partial charge in [-0.05, 0) is 37.6 Å². The summed E-state index contributed by atoms with van der Waals surface area (Å²) in [6.45, 7) is 5.11. The standard InChI is InChI=1S/C22H28ClN5O/c1-16-7-9-18(10-8-16)28-14-11-17(15-28)27-22(24-2)26-13-12-25-21(29)19-5-3-4-6-20(19)23/h3-10,17H,11-15H2,1-2H3,(H,25,29)(H2,24,26,27). The van der Waals surface area contributed by atoms with E-state index in [0.29, 0.717) is 29.7 Å². The second kappa shape index (κ2) is 10.2. The monoisotopic (exact) mass is 413 g/mol. The second-order valence-corrected chi connectivity index (χ2v) is 7.55. The average Bonchev–Trinajstić information content (AvgIpc) is 3.19. The summed E-state index contributed by atoms with van der Waals surface area (Å²) < 4.78 is 0. The first-order valence-electron chi connectivity index (χ1n) is 9.88. The molecule has 0 bridgehead atoms. The smallest absolute Gasteiger partial charge is 0.252 e. The van der Waals surface area contributed by atoms with Crippen LogP contribution in [-0.2, 0) is 0 Å². The van der Waals surface area contributed by atoms with Crippen molar-refractivity contribution in [3.05, 3.63) is 64.7 Å². The van der Waals surface area contributed by atoms with Crippen LogP contribution in [0.25, 0.3) is 0 Å². The first-order valence-corrected chi connectivity index (χ1v) is 10.3. The van der Waals surface area contributed by atoms with E-state index in [1.165, 1.54) is 11.3 Å². The van der Waals surface area contributed by atoms with Crippen molar-refractivity contribution in [3.8, 4) is 0 Å². The van der Waals surface area contributed by atoms with E-state index in [9.17, 15) is 4.79 Å². The van der Waals surface area contributed by atoms with Gasteiger partial charge in [-0.15, -0.1) is 0 Å². The number of hydrogen-bond donors (Lipinski definition) is 3. The molecule has 0 saturated carbocycles. The summed E-state index contributed by atoms with van der Waals surface area (Å²) >= 11 is 6.05. The van der Waals surface area contributed by atoms with Crippen molar-refractivity contribution in [2.45, 2.75) is 19.4 Å². The van der Waals surface area contributed by atoms with E-state index in [2.05, 4.69) is 57.0 Å². The molecule has 1 heterocycles. The Hall–Kier alpha value is -2.73. The number of carbonyl (C=O) groups is 1. The highest BCUT2D eigenvalue weighted by molar-refractivity contribution is 6.33. The molecule has 1 unspecified atom stereocenters. The maximum atomic E-state index is 12.2. The van der Waals surface area contributed by atoms with E-state index < -0.39 is 0 Å². The molecule has 7 heteroatoms. The lowest BCUT2D eigenvalue weighted by atomic mass is 10.2. The highest BCUT2D eigenvalue weighted by Crippen LogP contribution is 2.20. The molecule has 1 aliphatic heterocycles. The highest BCUT2D eigenvalue weighted by Gasteiger charge is 2.23. The minimum atomic E-state index is -0.176. The van der Waals surface area contributed by atoms with Crippen LogP contribution in [0.2, 0.25) is 5.02 Å². The van der Waals surface area contributed by atoms with E-state index in [0.717, 1.165) is 25.5 Å². The van der Waals surface area contributed by atoms with Crippen LogP contribution < -0.4 is 20.9 Å². The molecule has 0 spiro atoms. The lowest BCUT2D eigenvalue weighted by Crippen LogP contribution is -2.46. The summed E-state index contributed by atoms with van der Waals surface area (Å²) in [4.78, 5) is 18.9. The zero-order valence-electron chi connectivity index (χ0n) is 16.9. The van der Waals surface area contributed by atoms with Gasteiger partial charge in [-0.2, -0.15) is 0 Å². The first-order chi connectivity index (χ1) is 14.1. The van der Waals surface area contributed by atoms with Crippen molar-refractivity contribution >= 4 is 29.2 Å². The molecule has 29 heavy (non-hydrogen) atoms. The number of nitrogens with zero attached hydrogens (tertiary/aromatic N) is 2. The largest absolute Gasteiger partial charge is 0.369 e. The van der Waals surface area contributed by atoms with Gasteiger partial charge in [-0.25, -0.2) is 0 Å². The molecule has 0 radical (unpaired) electrons. The maximum absolute atomic E-state index is 12.2. The Morgan fingerprint density at radius 3 is 2.59 bits per heavy atom. The van der Waals surface area contributed by atoms with Gasteiger partial charge >= 0.3 is 0 Å². The summed E-state index contributed by atoms with van der Waals surface area (Å²) in [5.74, 6) is 0.567. The molecule has 0 aliphatic carbocycles. The molecule has 2 aromatic rings. The number of amides is 1. The summed E-state index contributed by atoms with van der Waals surface area (Å²) in [5.41, 5.74) is 3.01. The Morgan fingerprint density at radius 1 is 1.14 bits per heavy atom. The SMILES string of the molecule is CN=C(NCCNC(=O)c1ccccc1Cl)NC1CCN(c2ccc(C)cc2)C1. The molecular formula is C22H28ClN5O. The van der Waals surface area contributed by atoms with Crippen molar-refractivity contribution in [1.82, 2.24) is 16.0 Å².